The summed E-state index contributed by atoms with van der Waals surface area (Å²) in [5.41, 5.74) is 3.74. The number of fused-ring (bicyclic) bond motifs is 9. The summed E-state index contributed by atoms with van der Waals surface area (Å²) < 4.78 is 5.16. The average Bonchev–Trinajstić information content (AvgIpc) is 3.42. The van der Waals surface area contributed by atoms with E-state index in [1.54, 1.807) is 0 Å². The van der Waals surface area contributed by atoms with E-state index in [4.69, 9.17) is 0 Å². The molecule has 0 spiro atoms. The Kier molecular flexibility index (Phi) is 3.60. The highest BCUT2D eigenvalue weighted by Gasteiger charge is 2.18. The molecule has 0 radical (unpaired) electrons. The fraction of sp³-hybridized carbons (Fsp3) is 0. The largest absolute Gasteiger partial charge is 0.309 e. The van der Waals surface area contributed by atoms with Gasteiger partial charge in [0.25, 0.3) is 0 Å². The molecule has 2 heteroatoms. The van der Waals surface area contributed by atoms with E-state index in [0.717, 1.165) is 0 Å². The van der Waals surface area contributed by atoms with E-state index in [-0.39, 0.29) is 0 Å². The molecule has 0 aliphatic heterocycles. The van der Waals surface area contributed by atoms with Crippen molar-refractivity contribution in [1.82, 2.24) is 4.57 Å². The zero-order valence-electron chi connectivity index (χ0n) is 18.3. The predicted molar refractivity (Wildman–Crippen MR) is 149 cm³/mol. The Morgan fingerprint density at radius 3 is 2.09 bits per heavy atom. The second kappa shape index (κ2) is 6.69. The fourth-order valence-electron chi connectivity index (χ4n) is 5.68. The zero-order valence-corrected chi connectivity index (χ0v) is 19.1. The zero-order chi connectivity index (χ0) is 22.2. The van der Waals surface area contributed by atoms with E-state index in [1.165, 1.54) is 69.2 Å². The van der Waals surface area contributed by atoms with Gasteiger partial charge in [-0.15, -0.1) is 11.3 Å². The van der Waals surface area contributed by atoms with Crippen molar-refractivity contribution in [2.24, 2.45) is 0 Å². The van der Waals surface area contributed by atoms with Gasteiger partial charge in [-0.2, -0.15) is 0 Å². The SMILES string of the molecule is c1ccc2cc3c(-n4c5ccccc5c5c6c(ccc54)sc4ccccc46)cccc3cc2c1. The van der Waals surface area contributed by atoms with Crippen molar-refractivity contribution in [1.29, 1.82) is 0 Å². The number of thiophene rings is 1. The second-order valence-corrected chi connectivity index (χ2v) is 10.1. The van der Waals surface area contributed by atoms with Gasteiger partial charge in [-0.25, -0.2) is 0 Å². The maximum absolute atomic E-state index is 2.47. The van der Waals surface area contributed by atoms with Crippen LogP contribution >= 0.6 is 11.3 Å². The monoisotopic (exact) mass is 449 g/mol. The molecule has 0 bridgehead atoms. The lowest BCUT2D eigenvalue weighted by Crippen LogP contribution is -1.95. The summed E-state index contributed by atoms with van der Waals surface area (Å²) in [6.45, 7) is 0. The van der Waals surface area contributed by atoms with Crippen molar-refractivity contribution in [3.63, 3.8) is 0 Å². The lowest BCUT2D eigenvalue weighted by molar-refractivity contribution is 1.20. The summed E-state index contributed by atoms with van der Waals surface area (Å²) in [4.78, 5) is 0. The van der Waals surface area contributed by atoms with Crippen LogP contribution in [0.5, 0.6) is 0 Å². The minimum Gasteiger partial charge on any atom is -0.309 e. The van der Waals surface area contributed by atoms with Crippen LogP contribution in [0.2, 0.25) is 0 Å². The van der Waals surface area contributed by atoms with Crippen molar-refractivity contribution in [2.45, 2.75) is 0 Å². The smallest absolute Gasteiger partial charge is 0.0548 e. The number of para-hydroxylation sites is 1. The lowest BCUT2D eigenvalue weighted by Gasteiger charge is -2.12. The van der Waals surface area contributed by atoms with Crippen LogP contribution < -0.4 is 0 Å². The predicted octanol–water partition coefficient (Wildman–Crippen LogP) is 9.46. The van der Waals surface area contributed by atoms with Gasteiger partial charge in [0.15, 0.2) is 0 Å². The standard InChI is InChI=1S/C32H19NS/c1-2-9-21-19-25-22(18-20(21)8-1)10-7-14-27(25)33-26-13-5-3-11-23(26)31-28(33)16-17-30-32(31)24-12-4-6-15-29(24)34-30/h1-19H. The Hall–Kier alpha value is -4.14. The maximum Gasteiger partial charge on any atom is 0.0548 e. The molecule has 0 fully saturated rings. The molecule has 0 atom stereocenters. The number of benzene rings is 6. The molecule has 0 saturated carbocycles. The van der Waals surface area contributed by atoms with E-state index in [1.807, 2.05) is 11.3 Å². The highest BCUT2D eigenvalue weighted by molar-refractivity contribution is 7.26. The minimum atomic E-state index is 1.23. The van der Waals surface area contributed by atoms with E-state index < -0.39 is 0 Å². The third kappa shape index (κ3) is 2.38. The Morgan fingerprint density at radius 1 is 0.441 bits per heavy atom. The van der Waals surface area contributed by atoms with Gasteiger partial charge in [-0.1, -0.05) is 72.8 Å². The summed E-state index contributed by atoms with van der Waals surface area (Å²) in [5.74, 6) is 0. The molecule has 0 N–H and O–H groups in total. The van der Waals surface area contributed by atoms with E-state index in [9.17, 15) is 0 Å². The van der Waals surface area contributed by atoms with E-state index >= 15 is 0 Å². The molecule has 2 heterocycles. The molecule has 6 aromatic carbocycles. The first-order valence-corrected chi connectivity index (χ1v) is 12.4. The van der Waals surface area contributed by atoms with Gasteiger partial charge in [-0.3, -0.25) is 0 Å². The second-order valence-electron chi connectivity index (χ2n) is 8.98. The van der Waals surface area contributed by atoms with Gasteiger partial charge < -0.3 is 4.57 Å². The molecule has 8 aromatic rings. The van der Waals surface area contributed by atoms with Crippen molar-refractivity contribution in [3.05, 3.63) is 115 Å². The van der Waals surface area contributed by atoms with Crippen molar-refractivity contribution in [2.75, 3.05) is 0 Å². The molecule has 0 aliphatic carbocycles. The first kappa shape index (κ1) is 18.3. The summed E-state index contributed by atoms with van der Waals surface area (Å²) >= 11 is 1.88. The molecule has 0 unspecified atom stereocenters. The summed E-state index contributed by atoms with van der Waals surface area (Å²) in [7, 11) is 0. The average molecular weight is 450 g/mol. The van der Waals surface area contributed by atoms with E-state index in [2.05, 4.69) is 120 Å². The van der Waals surface area contributed by atoms with E-state index in [0.29, 0.717) is 0 Å². The third-order valence-electron chi connectivity index (χ3n) is 7.14. The van der Waals surface area contributed by atoms with Gasteiger partial charge in [-0.05, 0) is 58.6 Å². The summed E-state index contributed by atoms with van der Waals surface area (Å²) in [6, 6.07) is 42.2. The fourth-order valence-corrected chi connectivity index (χ4v) is 6.79. The molecule has 1 nitrogen and oxygen atoms in total. The molecular formula is C32H19NS. The van der Waals surface area contributed by atoms with Crippen LogP contribution in [0.4, 0.5) is 0 Å². The van der Waals surface area contributed by atoms with Crippen LogP contribution in [0.1, 0.15) is 0 Å². The lowest BCUT2D eigenvalue weighted by atomic mass is 10.0. The van der Waals surface area contributed by atoms with Gasteiger partial charge >= 0.3 is 0 Å². The third-order valence-corrected chi connectivity index (χ3v) is 8.28. The minimum absolute atomic E-state index is 1.23. The summed E-state index contributed by atoms with van der Waals surface area (Å²) in [5, 5.41) is 10.5. The number of hydrogen-bond acceptors (Lipinski definition) is 1. The van der Waals surface area contributed by atoms with Crippen molar-refractivity contribution < 1.29 is 0 Å². The molecule has 0 amide bonds. The van der Waals surface area contributed by atoms with Crippen LogP contribution in [0.3, 0.4) is 0 Å². The van der Waals surface area contributed by atoms with Crippen LogP contribution in [-0.2, 0) is 0 Å². The molecule has 0 saturated heterocycles. The topological polar surface area (TPSA) is 4.93 Å². The Balaban J connectivity index is 1.59. The van der Waals surface area contributed by atoms with Gasteiger partial charge in [0, 0.05) is 36.3 Å². The maximum atomic E-state index is 2.47. The van der Waals surface area contributed by atoms with Crippen LogP contribution in [-0.4, -0.2) is 4.57 Å². The Bertz CT molecular complexity index is 2070. The molecule has 8 rings (SSSR count). The van der Waals surface area contributed by atoms with Crippen molar-refractivity contribution in [3.8, 4) is 5.69 Å². The normalized spacial score (nSPS) is 12.1. The number of rotatable bonds is 1. The highest BCUT2D eigenvalue weighted by atomic mass is 32.1. The van der Waals surface area contributed by atoms with Gasteiger partial charge in [0.05, 0.1) is 16.7 Å². The highest BCUT2D eigenvalue weighted by Crippen LogP contribution is 2.44. The molecular weight excluding hydrogens is 430 g/mol. The quantitative estimate of drug-likeness (QED) is 0.220. The summed E-state index contributed by atoms with van der Waals surface area (Å²) in [6.07, 6.45) is 0. The first-order valence-electron chi connectivity index (χ1n) is 11.6. The van der Waals surface area contributed by atoms with Crippen LogP contribution in [0.25, 0.3) is 69.2 Å². The number of nitrogens with zero attached hydrogens (tertiary/aromatic N) is 1. The van der Waals surface area contributed by atoms with Gasteiger partial charge in [0.1, 0.15) is 0 Å². The molecule has 158 valence electrons. The van der Waals surface area contributed by atoms with Crippen molar-refractivity contribution >= 4 is 74.9 Å². The number of hydrogen-bond donors (Lipinski definition) is 0. The first-order chi connectivity index (χ1) is 16.9. The molecule has 0 aliphatic rings. The molecule has 2 aromatic heterocycles. The van der Waals surface area contributed by atoms with Crippen LogP contribution in [0.15, 0.2) is 115 Å². The Morgan fingerprint density at radius 2 is 1.18 bits per heavy atom. The number of aromatic nitrogens is 1. The van der Waals surface area contributed by atoms with Crippen LogP contribution in [0, 0.1) is 0 Å². The Labute approximate surface area is 200 Å². The molecule has 34 heavy (non-hydrogen) atoms. The van der Waals surface area contributed by atoms with Gasteiger partial charge in [0.2, 0.25) is 0 Å².